The van der Waals surface area contributed by atoms with Crippen LogP contribution < -0.4 is 10.2 Å². The summed E-state index contributed by atoms with van der Waals surface area (Å²) in [6, 6.07) is 4.85. The van der Waals surface area contributed by atoms with Crippen molar-refractivity contribution in [2.24, 2.45) is 10.1 Å². The van der Waals surface area contributed by atoms with Gasteiger partial charge in [-0.1, -0.05) is 11.8 Å². The van der Waals surface area contributed by atoms with Gasteiger partial charge in [0.25, 0.3) is 5.91 Å². The van der Waals surface area contributed by atoms with Crippen molar-refractivity contribution in [3.8, 4) is 11.5 Å². The quantitative estimate of drug-likeness (QED) is 0.630. The number of hydrogen-bond donors (Lipinski definition) is 2. The summed E-state index contributed by atoms with van der Waals surface area (Å²) in [6.07, 6.45) is 3.11. The molecule has 7 nitrogen and oxygen atoms in total. The fourth-order valence-corrected chi connectivity index (χ4v) is 3.68. The third-order valence-electron chi connectivity index (χ3n) is 3.80. The van der Waals surface area contributed by atoms with Gasteiger partial charge in [-0.2, -0.15) is 0 Å². The number of phenolic OH excluding ortho intramolecular Hbond substituents is 1. The number of Topliss-reactive ketones (excluding diaryl/α,β-unsaturated/α-hetero) is 1. The number of nitrogens with one attached hydrogen (secondary N) is 1. The summed E-state index contributed by atoms with van der Waals surface area (Å²) in [7, 11) is 1.47. The molecule has 8 heteroatoms. The summed E-state index contributed by atoms with van der Waals surface area (Å²) in [5, 5.41) is 13.9. The lowest BCUT2D eigenvalue weighted by Crippen LogP contribution is -2.49. The molecule has 1 amide bonds. The maximum Gasteiger partial charge on any atom is 0.264 e. The van der Waals surface area contributed by atoms with Crippen LogP contribution in [0.2, 0.25) is 0 Å². The smallest absolute Gasteiger partial charge is 0.264 e. The molecule has 1 fully saturated rings. The van der Waals surface area contributed by atoms with Crippen LogP contribution in [0.1, 0.15) is 24.8 Å². The number of aromatic hydroxyl groups is 1. The molecule has 2 N–H and O–H groups in total. The zero-order valence-electron chi connectivity index (χ0n) is 12.4. The Kier molecular flexibility index (Phi) is 4.08. The molecular weight excluding hydrogens is 318 g/mol. The SMILES string of the molecule is COc1ccc(/C=N\C2=NNC(=O)C3(CCCC3=O)S2)cc1O. The van der Waals surface area contributed by atoms with E-state index in [0.29, 0.717) is 35.7 Å². The van der Waals surface area contributed by atoms with Crippen molar-refractivity contribution in [3.63, 3.8) is 0 Å². The first-order chi connectivity index (χ1) is 11.0. The van der Waals surface area contributed by atoms with Crippen molar-refractivity contribution >= 4 is 34.8 Å². The highest BCUT2D eigenvalue weighted by molar-refractivity contribution is 8.16. The Bertz CT molecular complexity index is 731. The minimum absolute atomic E-state index is 0.00503. The lowest BCUT2D eigenvalue weighted by molar-refractivity contribution is -0.130. The lowest BCUT2D eigenvalue weighted by Gasteiger charge is -2.26. The molecule has 0 bridgehead atoms. The number of hydrazone groups is 1. The van der Waals surface area contributed by atoms with Gasteiger partial charge in [0.05, 0.1) is 7.11 Å². The van der Waals surface area contributed by atoms with Crippen molar-refractivity contribution in [2.75, 3.05) is 7.11 Å². The van der Waals surface area contributed by atoms with Gasteiger partial charge < -0.3 is 9.84 Å². The molecule has 120 valence electrons. The van der Waals surface area contributed by atoms with E-state index in [-0.39, 0.29) is 17.4 Å². The second-order valence-electron chi connectivity index (χ2n) is 5.23. The number of amidine groups is 1. The van der Waals surface area contributed by atoms with Gasteiger partial charge in [0.15, 0.2) is 22.0 Å². The van der Waals surface area contributed by atoms with Gasteiger partial charge in [0, 0.05) is 12.6 Å². The molecule has 1 aromatic rings. The molecule has 2 aliphatic rings. The zero-order valence-corrected chi connectivity index (χ0v) is 13.2. The second kappa shape index (κ2) is 6.04. The average molecular weight is 333 g/mol. The molecule has 1 aliphatic heterocycles. The van der Waals surface area contributed by atoms with Crippen molar-refractivity contribution < 1.29 is 19.4 Å². The number of nitrogens with zero attached hydrogens (tertiary/aromatic N) is 2. The highest BCUT2D eigenvalue weighted by Crippen LogP contribution is 2.41. The Morgan fingerprint density at radius 2 is 2.30 bits per heavy atom. The van der Waals surface area contributed by atoms with Crippen LogP contribution in [-0.4, -0.2) is 40.0 Å². The Morgan fingerprint density at radius 3 is 2.96 bits per heavy atom. The summed E-state index contributed by atoms with van der Waals surface area (Å²) in [6.45, 7) is 0. The van der Waals surface area contributed by atoms with Crippen LogP contribution in [0, 0.1) is 0 Å². The van der Waals surface area contributed by atoms with Crippen LogP contribution in [-0.2, 0) is 9.59 Å². The van der Waals surface area contributed by atoms with E-state index in [1.807, 2.05) is 0 Å². The van der Waals surface area contributed by atoms with Crippen LogP contribution >= 0.6 is 11.8 Å². The van der Waals surface area contributed by atoms with Gasteiger partial charge in [-0.25, -0.2) is 10.4 Å². The number of ketones is 1. The highest BCUT2D eigenvalue weighted by Gasteiger charge is 2.52. The van der Waals surface area contributed by atoms with Crippen molar-refractivity contribution in [1.29, 1.82) is 0 Å². The fraction of sp³-hybridized carbons (Fsp3) is 0.333. The summed E-state index contributed by atoms with van der Waals surface area (Å²) in [5.41, 5.74) is 3.03. The third kappa shape index (κ3) is 2.81. The molecule has 1 atom stereocenters. The maximum absolute atomic E-state index is 12.1. The number of aliphatic imine (C=N–C) groups is 1. The Hall–Kier alpha value is -2.35. The number of amides is 1. The molecule has 23 heavy (non-hydrogen) atoms. The zero-order chi connectivity index (χ0) is 16.4. The number of carbonyl (C=O) groups excluding carboxylic acids is 2. The Labute approximate surface area is 136 Å². The normalized spacial score (nSPS) is 24.1. The van der Waals surface area contributed by atoms with Gasteiger partial charge in [-0.3, -0.25) is 9.59 Å². The van der Waals surface area contributed by atoms with Crippen LogP contribution in [0.5, 0.6) is 11.5 Å². The molecule has 0 aromatic heterocycles. The van der Waals surface area contributed by atoms with Crippen molar-refractivity contribution in [3.05, 3.63) is 23.8 Å². The number of benzene rings is 1. The number of hydrogen-bond acceptors (Lipinski definition) is 7. The first-order valence-corrected chi connectivity index (χ1v) is 7.88. The minimum Gasteiger partial charge on any atom is -0.504 e. The highest BCUT2D eigenvalue weighted by atomic mass is 32.2. The number of ether oxygens (including phenoxy) is 1. The molecule has 1 aromatic carbocycles. The van der Waals surface area contributed by atoms with Crippen molar-refractivity contribution in [1.82, 2.24) is 5.43 Å². The van der Waals surface area contributed by atoms with E-state index in [1.54, 1.807) is 12.1 Å². The number of methoxy groups -OCH3 is 1. The second-order valence-corrected chi connectivity index (χ2v) is 6.50. The average Bonchev–Trinajstić information content (AvgIpc) is 2.90. The van der Waals surface area contributed by atoms with E-state index in [2.05, 4.69) is 15.5 Å². The molecule has 1 spiro atoms. The fourth-order valence-electron chi connectivity index (χ4n) is 2.57. The number of phenols is 1. The summed E-state index contributed by atoms with van der Waals surface area (Å²) in [5.74, 6) is -0.0736. The number of thioether (sulfide) groups is 1. The first kappa shape index (κ1) is 15.5. The monoisotopic (exact) mass is 333 g/mol. The standard InChI is InChI=1S/C15H15N3O4S/c1-22-11-5-4-9(7-10(11)19)8-16-14-18-17-13(21)15(23-14)6-2-3-12(15)20/h4-5,7-8,19H,2-3,6H2,1H3,(H,17,21)/b16-8-. The number of rotatable bonds is 2. The predicted molar refractivity (Wildman–Crippen MR) is 87.0 cm³/mol. The van der Waals surface area contributed by atoms with E-state index in [4.69, 9.17) is 4.74 Å². The molecule has 1 unspecified atom stereocenters. The third-order valence-corrected chi connectivity index (χ3v) is 5.14. The van der Waals surface area contributed by atoms with Crippen LogP contribution in [0.15, 0.2) is 28.3 Å². The predicted octanol–water partition coefficient (Wildman–Crippen LogP) is 1.45. The summed E-state index contributed by atoms with van der Waals surface area (Å²) in [4.78, 5) is 28.3. The summed E-state index contributed by atoms with van der Waals surface area (Å²) >= 11 is 1.09. The molecular formula is C15H15N3O4S. The van der Waals surface area contributed by atoms with Gasteiger partial charge in [0.2, 0.25) is 5.17 Å². The van der Waals surface area contributed by atoms with Crippen LogP contribution in [0.4, 0.5) is 0 Å². The minimum atomic E-state index is -1.09. The van der Waals surface area contributed by atoms with Crippen LogP contribution in [0.3, 0.4) is 0 Å². The van der Waals surface area contributed by atoms with E-state index in [1.165, 1.54) is 19.4 Å². The van der Waals surface area contributed by atoms with Gasteiger partial charge >= 0.3 is 0 Å². The lowest BCUT2D eigenvalue weighted by atomic mass is 10.1. The molecule has 1 saturated carbocycles. The molecule has 0 saturated heterocycles. The molecule has 1 aliphatic carbocycles. The first-order valence-electron chi connectivity index (χ1n) is 7.07. The van der Waals surface area contributed by atoms with E-state index < -0.39 is 4.75 Å². The Balaban J connectivity index is 1.79. The van der Waals surface area contributed by atoms with Crippen LogP contribution in [0.25, 0.3) is 0 Å². The Morgan fingerprint density at radius 1 is 1.48 bits per heavy atom. The van der Waals surface area contributed by atoms with E-state index in [0.717, 1.165) is 11.8 Å². The van der Waals surface area contributed by atoms with Gasteiger partial charge in [-0.15, -0.1) is 5.10 Å². The van der Waals surface area contributed by atoms with Gasteiger partial charge in [0.1, 0.15) is 0 Å². The molecule has 0 radical (unpaired) electrons. The summed E-state index contributed by atoms with van der Waals surface area (Å²) < 4.78 is 3.89. The number of carbonyl (C=O) groups is 2. The molecule has 1 heterocycles. The van der Waals surface area contributed by atoms with Crippen molar-refractivity contribution in [2.45, 2.75) is 24.0 Å². The van der Waals surface area contributed by atoms with E-state index in [9.17, 15) is 14.7 Å². The largest absolute Gasteiger partial charge is 0.504 e. The molecule has 3 rings (SSSR count). The van der Waals surface area contributed by atoms with E-state index >= 15 is 0 Å². The topological polar surface area (TPSA) is 100 Å². The maximum atomic E-state index is 12.1. The van der Waals surface area contributed by atoms with Gasteiger partial charge in [-0.05, 0) is 36.6 Å².